The number of furan rings is 1. The molecule has 12 rings (SSSR count). The number of aromatic nitrogens is 2. The third kappa shape index (κ3) is 5.14. The SMILES string of the molecule is CC(C)(C)c1cc(-c2ccc3c(c2)C2(C)CCC3(C)CC2)c(-n2c(-c3cccc4c3oc3cc5c(ccc6ccccc65)cc34)nc3ccccc32)c(C(C)(C)C)c1. The summed E-state index contributed by atoms with van der Waals surface area (Å²) in [4.78, 5) is 5.53. The van der Waals surface area contributed by atoms with Crippen LogP contribution in [0.5, 0.6) is 0 Å². The van der Waals surface area contributed by atoms with Gasteiger partial charge < -0.3 is 4.42 Å². The van der Waals surface area contributed by atoms with Crippen LogP contribution in [0.2, 0.25) is 0 Å². The molecule has 288 valence electrons. The molecule has 7 aromatic carbocycles. The predicted molar refractivity (Wildman–Crippen MR) is 245 cm³/mol. The number of para-hydroxylation sites is 3. The Morgan fingerprint density at radius 2 is 1.28 bits per heavy atom. The minimum absolute atomic E-state index is 0.0470. The van der Waals surface area contributed by atoms with Crippen LogP contribution in [0.4, 0.5) is 0 Å². The molecule has 9 aromatic rings. The highest BCUT2D eigenvalue weighted by Gasteiger charge is 2.47. The molecule has 58 heavy (non-hydrogen) atoms. The molecule has 1 fully saturated rings. The largest absolute Gasteiger partial charge is 0.455 e. The molecule has 0 saturated heterocycles. The summed E-state index contributed by atoms with van der Waals surface area (Å²) in [6, 6.07) is 45.3. The number of imidazole rings is 1. The van der Waals surface area contributed by atoms with Crippen LogP contribution in [-0.4, -0.2) is 9.55 Å². The summed E-state index contributed by atoms with van der Waals surface area (Å²) in [7, 11) is 0. The predicted octanol–water partition coefficient (Wildman–Crippen LogP) is 15.3. The Morgan fingerprint density at radius 1 is 0.569 bits per heavy atom. The molecular formula is C55H52N2O. The maximum absolute atomic E-state index is 7.02. The van der Waals surface area contributed by atoms with Crippen LogP contribution in [0.15, 0.2) is 126 Å². The van der Waals surface area contributed by atoms with E-state index in [0.717, 1.165) is 44.4 Å². The first-order chi connectivity index (χ1) is 27.7. The van der Waals surface area contributed by atoms with Crippen molar-refractivity contribution in [1.82, 2.24) is 9.55 Å². The number of hydrogen-bond donors (Lipinski definition) is 0. The number of nitrogens with zero attached hydrogens (tertiary/aromatic N) is 2. The van der Waals surface area contributed by atoms with Gasteiger partial charge in [-0.15, -0.1) is 0 Å². The van der Waals surface area contributed by atoms with Crippen LogP contribution in [-0.2, 0) is 21.7 Å². The van der Waals surface area contributed by atoms with E-state index in [1.165, 1.54) is 75.2 Å². The van der Waals surface area contributed by atoms with E-state index < -0.39 is 0 Å². The van der Waals surface area contributed by atoms with E-state index in [0.29, 0.717) is 0 Å². The van der Waals surface area contributed by atoms with Gasteiger partial charge in [-0.1, -0.05) is 140 Å². The second-order valence-corrected chi connectivity index (χ2v) is 20.2. The Morgan fingerprint density at radius 3 is 2.05 bits per heavy atom. The van der Waals surface area contributed by atoms with E-state index in [4.69, 9.17) is 9.40 Å². The lowest BCUT2D eigenvalue weighted by atomic mass is 9.52. The second-order valence-electron chi connectivity index (χ2n) is 20.2. The second kappa shape index (κ2) is 11.9. The molecule has 1 saturated carbocycles. The Hall–Kier alpha value is -5.67. The molecular weight excluding hydrogens is 705 g/mol. The van der Waals surface area contributed by atoms with Gasteiger partial charge in [0.25, 0.3) is 0 Å². The minimum atomic E-state index is -0.172. The van der Waals surface area contributed by atoms with Gasteiger partial charge in [0.05, 0.1) is 22.3 Å². The molecule has 2 aromatic heterocycles. The van der Waals surface area contributed by atoms with Gasteiger partial charge in [0.15, 0.2) is 0 Å². The van der Waals surface area contributed by atoms with Crippen LogP contribution in [0.1, 0.15) is 103 Å². The molecule has 3 aliphatic rings. The zero-order valence-corrected chi connectivity index (χ0v) is 35.2. The summed E-state index contributed by atoms with van der Waals surface area (Å²) in [5.41, 5.74) is 14.6. The van der Waals surface area contributed by atoms with Crippen molar-refractivity contribution in [3.8, 4) is 28.2 Å². The monoisotopic (exact) mass is 756 g/mol. The average molecular weight is 757 g/mol. The van der Waals surface area contributed by atoms with E-state index in [-0.39, 0.29) is 21.7 Å². The van der Waals surface area contributed by atoms with E-state index in [1.54, 1.807) is 11.1 Å². The summed E-state index contributed by atoms with van der Waals surface area (Å²) in [6.45, 7) is 19.1. The van der Waals surface area contributed by atoms with Crippen LogP contribution in [0, 0.1) is 0 Å². The van der Waals surface area contributed by atoms with Gasteiger partial charge in [0.2, 0.25) is 0 Å². The van der Waals surface area contributed by atoms with E-state index in [2.05, 4.69) is 181 Å². The number of fused-ring (bicyclic) bond motifs is 9. The molecule has 0 aliphatic heterocycles. The molecule has 0 amide bonds. The molecule has 0 spiro atoms. The standard InChI is InChI=1S/C55H52N2O/c1-52(2,3)36-30-41(35-22-23-43-44(29-35)55(8)26-24-54(43,7)25-27-55)49(45(31-36)53(4,5)6)57-47-19-12-11-18-46(47)56-51(57)39-17-13-16-38-42-28-34-21-20-33-14-9-10-15-37(33)40(34)32-48(42)58-50(38)39/h9-23,28-32H,24-27H2,1-8H3. The molecule has 0 radical (unpaired) electrons. The smallest absolute Gasteiger partial charge is 0.149 e. The van der Waals surface area contributed by atoms with Crippen LogP contribution < -0.4 is 0 Å². The van der Waals surface area contributed by atoms with Crippen molar-refractivity contribution in [2.45, 2.75) is 103 Å². The third-order valence-electron chi connectivity index (χ3n) is 14.3. The molecule has 0 unspecified atom stereocenters. The zero-order valence-electron chi connectivity index (χ0n) is 35.2. The molecule has 3 aliphatic carbocycles. The molecule has 0 atom stereocenters. The molecule has 0 N–H and O–H groups in total. The average Bonchev–Trinajstić information content (AvgIpc) is 3.78. The van der Waals surface area contributed by atoms with Gasteiger partial charge in [-0.2, -0.15) is 0 Å². The molecule has 2 bridgehead atoms. The van der Waals surface area contributed by atoms with Gasteiger partial charge in [-0.25, -0.2) is 4.98 Å². The van der Waals surface area contributed by atoms with Crippen molar-refractivity contribution < 1.29 is 4.42 Å². The van der Waals surface area contributed by atoms with Crippen molar-refractivity contribution in [2.75, 3.05) is 0 Å². The summed E-state index contributed by atoms with van der Waals surface area (Å²) >= 11 is 0. The van der Waals surface area contributed by atoms with Crippen molar-refractivity contribution in [1.29, 1.82) is 0 Å². The number of rotatable bonds is 3. The molecule has 3 heteroatoms. The Labute approximate surface area is 341 Å². The zero-order chi connectivity index (χ0) is 39.9. The summed E-state index contributed by atoms with van der Waals surface area (Å²) in [5.74, 6) is 0.896. The lowest BCUT2D eigenvalue weighted by Crippen LogP contribution is -2.44. The van der Waals surface area contributed by atoms with Crippen LogP contribution >= 0.6 is 0 Å². The first-order valence-corrected chi connectivity index (χ1v) is 21.3. The van der Waals surface area contributed by atoms with E-state index in [9.17, 15) is 0 Å². The summed E-state index contributed by atoms with van der Waals surface area (Å²) in [6.07, 6.45) is 5.07. The fraction of sp³-hybridized carbons (Fsp3) is 0.291. The van der Waals surface area contributed by atoms with Crippen molar-refractivity contribution in [2.24, 2.45) is 0 Å². The Balaban J connectivity index is 1.23. The minimum Gasteiger partial charge on any atom is -0.455 e. The first-order valence-electron chi connectivity index (χ1n) is 21.3. The molecule has 3 nitrogen and oxygen atoms in total. The topological polar surface area (TPSA) is 31.0 Å². The Kier molecular flexibility index (Phi) is 7.31. The highest BCUT2D eigenvalue weighted by atomic mass is 16.3. The maximum Gasteiger partial charge on any atom is 0.149 e. The van der Waals surface area contributed by atoms with E-state index in [1.807, 2.05) is 0 Å². The third-order valence-corrected chi connectivity index (χ3v) is 14.3. The van der Waals surface area contributed by atoms with E-state index >= 15 is 0 Å². The van der Waals surface area contributed by atoms with Gasteiger partial charge in [0, 0.05) is 16.3 Å². The Bertz CT molecular complexity index is 3170. The van der Waals surface area contributed by atoms with Crippen LogP contribution in [0.25, 0.3) is 82.7 Å². The fourth-order valence-electron chi connectivity index (χ4n) is 10.6. The first kappa shape index (κ1) is 35.5. The lowest BCUT2D eigenvalue weighted by molar-refractivity contribution is 0.188. The highest BCUT2D eigenvalue weighted by Crippen LogP contribution is 2.57. The lowest BCUT2D eigenvalue weighted by Gasteiger charge is -2.52. The van der Waals surface area contributed by atoms with Gasteiger partial charge >= 0.3 is 0 Å². The fourth-order valence-corrected chi connectivity index (χ4v) is 10.6. The number of benzene rings is 7. The van der Waals surface area contributed by atoms with Gasteiger partial charge in [-0.05, 0) is 133 Å². The summed E-state index contributed by atoms with van der Waals surface area (Å²) < 4.78 is 9.49. The van der Waals surface area contributed by atoms with Gasteiger partial charge in [0.1, 0.15) is 17.0 Å². The maximum atomic E-state index is 7.02. The highest BCUT2D eigenvalue weighted by molar-refractivity contribution is 6.17. The molecule has 2 heterocycles. The summed E-state index contributed by atoms with van der Waals surface area (Å²) in [5, 5.41) is 7.12. The quantitative estimate of drug-likeness (QED) is 0.168. The van der Waals surface area contributed by atoms with Crippen molar-refractivity contribution in [3.63, 3.8) is 0 Å². The van der Waals surface area contributed by atoms with Crippen LogP contribution in [0.3, 0.4) is 0 Å². The normalized spacial score (nSPS) is 19.6. The number of hydrogen-bond acceptors (Lipinski definition) is 2. The van der Waals surface area contributed by atoms with Crippen molar-refractivity contribution >= 4 is 54.5 Å². The van der Waals surface area contributed by atoms with Gasteiger partial charge in [-0.3, -0.25) is 4.57 Å². The van der Waals surface area contributed by atoms with Crippen molar-refractivity contribution in [3.05, 3.63) is 144 Å².